The summed E-state index contributed by atoms with van der Waals surface area (Å²) in [5.41, 5.74) is 2.31. The maximum absolute atomic E-state index is 5.29. The Bertz CT molecular complexity index is 431. The predicted molar refractivity (Wildman–Crippen MR) is 46.6 cm³/mol. The molecule has 0 radical (unpaired) electrons. The van der Waals surface area contributed by atoms with Crippen molar-refractivity contribution in [3.05, 3.63) is 30.3 Å². The molecule has 0 aliphatic rings. The minimum absolute atomic E-state index is 0.638. The number of hydrogen-bond donors (Lipinski definition) is 0. The van der Waals surface area contributed by atoms with Gasteiger partial charge in [-0.05, 0) is 11.6 Å². The predicted octanol–water partition coefficient (Wildman–Crippen LogP) is 2.17. The van der Waals surface area contributed by atoms with Crippen molar-refractivity contribution in [1.29, 1.82) is 0 Å². The Morgan fingerprint density at radius 2 is 2.42 bits per heavy atom. The van der Waals surface area contributed by atoms with Crippen LogP contribution >= 0.6 is 0 Å². The molecule has 0 spiro atoms. The highest BCUT2D eigenvalue weighted by Crippen LogP contribution is 2.14. The van der Waals surface area contributed by atoms with Gasteiger partial charge < -0.3 is 4.42 Å². The summed E-state index contributed by atoms with van der Waals surface area (Å²) in [5.74, 6) is 0.638. The SMILES string of the molecule is C=Cc1cnc2nc(C)oc2c1. The first-order valence-electron chi connectivity index (χ1n) is 3.65. The first-order valence-corrected chi connectivity index (χ1v) is 3.65. The third kappa shape index (κ3) is 0.993. The lowest BCUT2D eigenvalue weighted by Gasteiger charge is -1.88. The van der Waals surface area contributed by atoms with E-state index in [-0.39, 0.29) is 0 Å². The van der Waals surface area contributed by atoms with Crippen molar-refractivity contribution in [2.45, 2.75) is 6.92 Å². The molecule has 2 aromatic heterocycles. The fraction of sp³-hybridized carbons (Fsp3) is 0.111. The van der Waals surface area contributed by atoms with Crippen LogP contribution in [0.5, 0.6) is 0 Å². The zero-order valence-electron chi connectivity index (χ0n) is 6.74. The van der Waals surface area contributed by atoms with E-state index in [1.54, 1.807) is 19.2 Å². The van der Waals surface area contributed by atoms with Crippen LogP contribution in [0.15, 0.2) is 23.3 Å². The number of oxazole rings is 1. The van der Waals surface area contributed by atoms with Gasteiger partial charge in [-0.1, -0.05) is 12.7 Å². The van der Waals surface area contributed by atoms with Crippen LogP contribution in [0.4, 0.5) is 0 Å². The van der Waals surface area contributed by atoms with Crippen molar-refractivity contribution in [2.24, 2.45) is 0 Å². The molecule has 0 N–H and O–H groups in total. The van der Waals surface area contributed by atoms with Gasteiger partial charge in [0, 0.05) is 13.1 Å². The van der Waals surface area contributed by atoms with Crippen LogP contribution in [-0.2, 0) is 0 Å². The molecule has 2 rings (SSSR count). The number of hydrogen-bond acceptors (Lipinski definition) is 3. The molecule has 0 atom stereocenters. The van der Waals surface area contributed by atoms with Gasteiger partial charge in [0.25, 0.3) is 0 Å². The second kappa shape index (κ2) is 2.44. The molecule has 3 nitrogen and oxygen atoms in total. The van der Waals surface area contributed by atoms with Crippen molar-refractivity contribution in [1.82, 2.24) is 9.97 Å². The summed E-state index contributed by atoms with van der Waals surface area (Å²) in [4.78, 5) is 8.17. The Balaban J connectivity index is 2.74. The maximum atomic E-state index is 5.29. The highest BCUT2D eigenvalue weighted by atomic mass is 16.3. The summed E-state index contributed by atoms with van der Waals surface area (Å²) >= 11 is 0. The van der Waals surface area contributed by atoms with E-state index in [4.69, 9.17) is 4.42 Å². The van der Waals surface area contributed by atoms with Gasteiger partial charge in [-0.3, -0.25) is 0 Å². The second-order valence-electron chi connectivity index (χ2n) is 2.53. The number of aromatic nitrogens is 2. The Morgan fingerprint density at radius 1 is 1.58 bits per heavy atom. The van der Waals surface area contributed by atoms with E-state index >= 15 is 0 Å². The number of pyridine rings is 1. The zero-order chi connectivity index (χ0) is 8.55. The summed E-state index contributed by atoms with van der Waals surface area (Å²) in [7, 11) is 0. The summed E-state index contributed by atoms with van der Waals surface area (Å²) in [6.07, 6.45) is 3.45. The van der Waals surface area contributed by atoms with E-state index in [1.807, 2.05) is 6.07 Å². The van der Waals surface area contributed by atoms with Crippen LogP contribution < -0.4 is 0 Å². The smallest absolute Gasteiger partial charge is 0.198 e. The molecule has 12 heavy (non-hydrogen) atoms. The second-order valence-corrected chi connectivity index (χ2v) is 2.53. The van der Waals surface area contributed by atoms with Crippen molar-refractivity contribution in [3.8, 4) is 0 Å². The van der Waals surface area contributed by atoms with Crippen LogP contribution in [0.25, 0.3) is 17.3 Å². The highest BCUT2D eigenvalue weighted by molar-refractivity contribution is 5.70. The molecule has 0 aliphatic carbocycles. The van der Waals surface area contributed by atoms with E-state index in [0.29, 0.717) is 17.1 Å². The van der Waals surface area contributed by atoms with Crippen molar-refractivity contribution in [3.63, 3.8) is 0 Å². The summed E-state index contributed by atoms with van der Waals surface area (Å²) < 4.78 is 5.29. The Morgan fingerprint density at radius 3 is 3.17 bits per heavy atom. The third-order valence-corrected chi connectivity index (χ3v) is 1.61. The normalized spacial score (nSPS) is 10.4. The van der Waals surface area contributed by atoms with Gasteiger partial charge in [-0.15, -0.1) is 0 Å². The largest absolute Gasteiger partial charge is 0.439 e. The molecule has 0 bridgehead atoms. The van der Waals surface area contributed by atoms with E-state index < -0.39 is 0 Å². The minimum Gasteiger partial charge on any atom is -0.439 e. The molecule has 0 saturated carbocycles. The maximum Gasteiger partial charge on any atom is 0.198 e. The average Bonchev–Trinajstić information content (AvgIpc) is 2.43. The zero-order valence-corrected chi connectivity index (χ0v) is 6.74. The molecule has 60 valence electrons. The van der Waals surface area contributed by atoms with Gasteiger partial charge in [-0.2, -0.15) is 4.98 Å². The average molecular weight is 160 g/mol. The fourth-order valence-electron chi connectivity index (χ4n) is 1.05. The first kappa shape index (κ1) is 7.03. The number of aryl methyl sites for hydroxylation is 1. The Kier molecular flexibility index (Phi) is 1.43. The molecular weight excluding hydrogens is 152 g/mol. The van der Waals surface area contributed by atoms with Gasteiger partial charge >= 0.3 is 0 Å². The van der Waals surface area contributed by atoms with Crippen LogP contribution in [0.1, 0.15) is 11.5 Å². The van der Waals surface area contributed by atoms with Crippen LogP contribution in [0, 0.1) is 6.92 Å². The molecule has 0 aliphatic heterocycles. The first-order chi connectivity index (χ1) is 5.79. The fourth-order valence-corrected chi connectivity index (χ4v) is 1.05. The molecule has 2 aromatic rings. The van der Waals surface area contributed by atoms with E-state index in [0.717, 1.165) is 5.56 Å². The van der Waals surface area contributed by atoms with Gasteiger partial charge in [0.2, 0.25) is 0 Å². The summed E-state index contributed by atoms with van der Waals surface area (Å²) in [6, 6.07) is 1.87. The highest BCUT2D eigenvalue weighted by Gasteiger charge is 2.02. The van der Waals surface area contributed by atoms with Gasteiger partial charge in [0.1, 0.15) is 0 Å². The van der Waals surface area contributed by atoms with E-state index in [9.17, 15) is 0 Å². The number of rotatable bonds is 1. The number of nitrogens with zero attached hydrogens (tertiary/aromatic N) is 2. The summed E-state index contributed by atoms with van der Waals surface area (Å²) in [5, 5.41) is 0. The monoisotopic (exact) mass is 160 g/mol. The Labute approximate surface area is 69.8 Å². The summed E-state index contributed by atoms with van der Waals surface area (Å²) in [6.45, 7) is 5.44. The lowest BCUT2D eigenvalue weighted by Crippen LogP contribution is -1.77. The molecule has 0 amide bonds. The molecular formula is C9H8N2O. The molecule has 0 fully saturated rings. The van der Waals surface area contributed by atoms with Crippen LogP contribution in [-0.4, -0.2) is 9.97 Å². The lowest BCUT2D eigenvalue weighted by molar-refractivity contribution is 0.561. The molecule has 2 heterocycles. The van der Waals surface area contributed by atoms with Crippen molar-refractivity contribution < 1.29 is 4.42 Å². The van der Waals surface area contributed by atoms with E-state index in [2.05, 4.69) is 16.5 Å². The van der Waals surface area contributed by atoms with Gasteiger partial charge in [0.05, 0.1) is 0 Å². The number of fused-ring (bicyclic) bond motifs is 1. The van der Waals surface area contributed by atoms with Crippen LogP contribution in [0.2, 0.25) is 0 Å². The lowest BCUT2D eigenvalue weighted by atomic mass is 10.3. The topological polar surface area (TPSA) is 38.9 Å². The van der Waals surface area contributed by atoms with Crippen molar-refractivity contribution in [2.75, 3.05) is 0 Å². The minimum atomic E-state index is 0.638. The Hall–Kier alpha value is -1.64. The molecule has 0 aromatic carbocycles. The standard InChI is InChI=1S/C9H8N2O/c1-3-7-4-8-9(10-5-7)11-6(2)12-8/h3-5H,1H2,2H3. The van der Waals surface area contributed by atoms with E-state index in [1.165, 1.54) is 0 Å². The third-order valence-electron chi connectivity index (χ3n) is 1.61. The quantitative estimate of drug-likeness (QED) is 0.641. The van der Waals surface area contributed by atoms with Crippen LogP contribution in [0.3, 0.4) is 0 Å². The molecule has 0 saturated heterocycles. The molecule has 3 heteroatoms. The molecule has 0 unspecified atom stereocenters. The van der Waals surface area contributed by atoms with Gasteiger partial charge in [0.15, 0.2) is 17.1 Å². The van der Waals surface area contributed by atoms with Crippen molar-refractivity contribution >= 4 is 17.3 Å². The van der Waals surface area contributed by atoms with Gasteiger partial charge in [-0.25, -0.2) is 4.98 Å².